The van der Waals surface area contributed by atoms with Gasteiger partial charge < -0.3 is 15.3 Å². The highest BCUT2D eigenvalue weighted by atomic mass is 16.3. The Morgan fingerprint density at radius 3 is 2.35 bits per heavy atom. The van der Waals surface area contributed by atoms with Crippen molar-refractivity contribution in [3.8, 4) is 0 Å². The molecule has 2 N–H and O–H groups in total. The van der Waals surface area contributed by atoms with Crippen molar-refractivity contribution < 1.29 is 9.90 Å². The molecular formula is C13H26N2O2. The number of aliphatic hydroxyl groups excluding tert-OH is 1. The highest BCUT2D eigenvalue weighted by Gasteiger charge is 2.24. The van der Waals surface area contributed by atoms with Gasteiger partial charge in [-0.05, 0) is 32.1 Å². The van der Waals surface area contributed by atoms with E-state index in [9.17, 15) is 9.90 Å². The smallest absolute Gasteiger partial charge is 0.239 e. The average molecular weight is 242 g/mol. The molecule has 100 valence electrons. The lowest BCUT2D eigenvalue weighted by molar-refractivity contribution is -0.132. The Hall–Kier alpha value is -0.610. The highest BCUT2D eigenvalue weighted by Crippen LogP contribution is 2.10. The third kappa shape index (κ3) is 4.64. The molecule has 0 aromatic rings. The maximum Gasteiger partial charge on any atom is 0.239 e. The first-order chi connectivity index (χ1) is 8.04. The molecule has 1 aliphatic heterocycles. The van der Waals surface area contributed by atoms with E-state index < -0.39 is 0 Å². The molecule has 4 nitrogen and oxygen atoms in total. The van der Waals surface area contributed by atoms with Crippen LogP contribution in [0.4, 0.5) is 0 Å². The van der Waals surface area contributed by atoms with Gasteiger partial charge in [0.15, 0.2) is 0 Å². The van der Waals surface area contributed by atoms with Crippen molar-refractivity contribution in [2.24, 2.45) is 5.92 Å². The number of hydrogen-bond acceptors (Lipinski definition) is 3. The van der Waals surface area contributed by atoms with Crippen LogP contribution >= 0.6 is 0 Å². The normalized spacial score (nSPS) is 19.7. The molecular weight excluding hydrogens is 216 g/mol. The Morgan fingerprint density at radius 1 is 1.29 bits per heavy atom. The maximum atomic E-state index is 12.1. The predicted octanol–water partition coefficient (Wildman–Crippen LogP) is 0.994. The molecule has 0 spiro atoms. The first kappa shape index (κ1) is 14.5. The Balaban J connectivity index is 2.39. The summed E-state index contributed by atoms with van der Waals surface area (Å²) in [5.41, 5.74) is 0. The van der Waals surface area contributed by atoms with Gasteiger partial charge in [0.1, 0.15) is 0 Å². The van der Waals surface area contributed by atoms with Crippen molar-refractivity contribution in [2.75, 3.05) is 19.7 Å². The number of carbonyl (C=O) groups is 1. The number of hydrogen-bond donors (Lipinski definition) is 2. The molecule has 4 heteroatoms. The van der Waals surface area contributed by atoms with Crippen LogP contribution in [0, 0.1) is 5.92 Å². The Labute approximate surface area is 104 Å². The number of carbonyl (C=O) groups excluding carboxylic acids is 1. The van der Waals surface area contributed by atoms with Gasteiger partial charge >= 0.3 is 0 Å². The van der Waals surface area contributed by atoms with Gasteiger partial charge in [-0.3, -0.25) is 4.79 Å². The van der Waals surface area contributed by atoms with Crippen molar-refractivity contribution in [1.29, 1.82) is 0 Å². The molecule has 0 radical (unpaired) electrons. The fourth-order valence-electron chi connectivity index (χ4n) is 2.40. The molecule has 1 rings (SSSR count). The molecule has 0 aromatic carbocycles. The number of aliphatic hydroxyl groups is 1. The Bertz CT molecular complexity index is 238. The lowest BCUT2D eigenvalue weighted by Crippen LogP contribution is -2.49. The topological polar surface area (TPSA) is 52.6 Å². The van der Waals surface area contributed by atoms with Gasteiger partial charge in [0.25, 0.3) is 0 Å². The fraction of sp³-hybridized carbons (Fsp3) is 0.923. The van der Waals surface area contributed by atoms with Gasteiger partial charge in [-0.2, -0.15) is 0 Å². The Kier molecular flexibility index (Phi) is 5.92. The summed E-state index contributed by atoms with van der Waals surface area (Å²) in [5.74, 6) is 0.693. The minimum Gasteiger partial charge on any atom is -0.395 e. The minimum absolute atomic E-state index is 0.0246. The summed E-state index contributed by atoms with van der Waals surface area (Å²) in [5, 5.41) is 12.5. The number of nitrogens with zero attached hydrogens (tertiary/aromatic N) is 1. The summed E-state index contributed by atoms with van der Waals surface area (Å²) in [7, 11) is 0. The second-order valence-electron chi connectivity index (χ2n) is 5.43. The van der Waals surface area contributed by atoms with Gasteiger partial charge in [-0.15, -0.1) is 0 Å². The Morgan fingerprint density at radius 2 is 1.88 bits per heavy atom. The van der Waals surface area contributed by atoms with Crippen LogP contribution in [-0.4, -0.2) is 47.7 Å². The van der Waals surface area contributed by atoms with Crippen molar-refractivity contribution in [2.45, 2.75) is 52.1 Å². The van der Waals surface area contributed by atoms with E-state index in [1.807, 2.05) is 11.8 Å². The van der Waals surface area contributed by atoms with Crippen LogP contribution in [0.15, 0.2) is 0 Å². The molecule has 0 bridgehead atoms. The van der Waals surface area contributed by atoms with E-state index in [-0.39, 0.29) is 24.6 Å². The third-order valence-electron chi connectivity index (χ3n) is 3.25. The first-order valence-corrected chi connectivity index (χ1v) is 6.70. The first-order valence-electron chi connectivity index (χ1n) is 6.70. The standard InChI is InChI=1S/C13H26N2O2/c1-10(2)8-12(9-16)14-11(3)13(17)15-6-4-5-7-15/h10-12,14,16H,4-9H2,1-3H3. The van der Waals surface area contributed by atoms with Crippen molar-refractivity contribution in [3.05, 3.63) is 0 Å². The van der Waals surface area contributed by atoms with Crippen LogP contribution in [-0.2, 0) is 4.79 Å². The molecule has 1 saturated heterocycles. The molecule has 0 aromatic heterocycles. The predicted molar refractivity (Wildman–Crippen MR) is 68.7 cm³/mol. The summed E-state index contributed by atoms with van der Waals surface area (Å²) >= 11 is 0. The van der Waals surface area contributed by atoms with Crippen molar-refractivity contribution >= 4 is 5.91 Å². The molecule has 0 saturated carbocycles. The lowest BCUT2D eigenvalue weighted by Gasteiger charge is -2.26. The monoisotopic (exact) mass is 242 g/mol. The summed E-state index contributed by atoms with van der Waals surface area (Å²) in [4.78, 5) is 14.0. The zero-order chi connectivity index (χ0) is 12.8. The molecule has 2 atom stereocenters. The third-order valence-corrected chi connectivity index (χ3v) is 3.25. The van der Waals surface area contributed by atoms with E-state index in [1.54, 1.807) is 0 Å². The van der Waals surface area contributed by atoms with Gasteiger partial charge in [0.2, 0.25) is 5.91 Å². The molecule has 1 amide bonds. The number of rotatable bonds is 6. The van der Waals surface area contributed by atoms with Gasteiger partial charge in [-0.1, -0.05) is 13.8 Å². The fourth-order valence-corrected chi connectivity index (χ4v) is 2.40. The second kappa shape index (κ2) is 6.97. The largest absolute Gasteiger partial charge is 0.395 e. The van der Waals surface area contributed by atoms with E-state index in [4.69, 9.17) is 0 Å². The van der Waals surface area contributed by atoms with E-state index in [0.29, 0.717) is 5.92 Å². The molecule has 2 unspecified atom stereocenters. The van der Waals surface area contributed by atoms with Crippen LogP contribution in [0.3, 0.4) is 0 Å². The minimum atomic E-state index is -0.191. The van der Waals surface area contributed by atoms with Crippen LogP contribution in [0.25, 0.3) is 0 Å². The van der Waals surface area contributed by atoms with Crippen LogP contribution in [0.2, 0.25) is 0 Å². The number of nitrogens with one attached hydrogen (secondary N) is 1. The second-order valence-corrected chi connectivity index (χ2v) is 5.43. The quantitative estimate of drug-likeness (QED) is 0.730. The van der Waals surface area contributed by atoms with Crippen LogP contribution < -0.4 is 5.32 Å². The maximum absolute atomic E-state index is 12.1. The summed E-state index contributed by atoms with van der Waals surface area (Å²) < 4.78 is 0. The van der Waals surface area contributed by atoms with Crippen molar-refractivity contribution in [3.63, 3.8) is 0 Å². The summed E-state index contributed by atoms with van der Waals surface area (Å²) in [6, 6.07) is -0.166. The van der Waals surface area contributed by atoms with Gasteiger partial charge in [0, 0.05) is 19.1 Å². The van der Waals surface area contributed by atoms with E-state index in [0.717, 1.165) is 32.4 Å². The molecule has 1 fully saturated rings. The van der Waals surface area contributed by atoms with Crippen LogP contribution in [0.1, 0.15) is 40.0 Å². The molecule has 17 heavy (non-hydrogen) atoms. The molecule has 1 heterocycles. The van der Waals surface area contributed by atoms with Crippen LogP contribution in [0.5, 0.6) is 0 Å². The molecule has 1 aliphatic rings. The highest BCUT2D eigenvalue weighted by molar-refractivity contribution is 5.81. The van der Waals surface area contributed by atoms with E-state index in [2.05, 4.69) is 19.2 Å². The van der Waals surface area contributed by atoms with E-state index in [1.165, 1.54) is 0 Å². The van der Waals surface area contributed by atoms with Gasteiger partial charge in [0.05, 0.1) is 12.6 Å². The average Bonchev–Trinajstić information content (AvgIpc) is 2.79. The van der Waals surface area contributed by atoms with Crippen molar-refractivity contribution in [1.82, 2.24) is 10.2 Å². The number of amides is 1. The SMILES string of the molecule is CC(C)CC(CO)NC(C)C(=O)N1CCCC1. The zero-order valence-corrected chi connectivity index (χ0v) is 11.3. The number of likely N-dealkylation sites (tertiary alicyclic amines) is 1. The van der Waals surface area contributed by atoms with Gasteiger partial charge in [-0.25, -0.2) is 0 Å². The summed E-state index contributed by atoms with van der Waals surface area (Å²) in [6.45, 7) is 8.01. The summed E-state index contributed by atoms with van der Waals surface area (Å²) in [6.07, 6.45) is 3.13. The van der Waals surface area contributed by atoms with E-state index >= 15 is 0 Å². The molecule has 0 aliphatic carbocycles. The lowest BCUT2D eigenvalue weighted by atomic mass is 10.0. The zero-order valence-electron chi connectivity index (χ0n) is 11.3.